The summed E-state index contributed by atoms with van der Waals surface area (Å²) < 4.78 is 22.7. The van der Waals surface area contributed by atoms with Crippen molar-refractivity contribution in [2.45, 2.75) is 25.4 Å². The van der Waals surface area contributed by atoms with Crippen molar-refractivity contribution in [3.63, 3.8) is 0 Å². The predicted molar refractivity (Wildman–Crippen MR) is 155 cm³/mol. The topological polar surface area (TPSA) is 95.0 Å². The Bertz CT molecular complexity index is 1470. The number of carbonyl (C=O) groups is 1. The van der Waals surface area contributed by atoms with Crippen molar-refractivity contribution in [3.8, 4) is 29.0 Å². The van der Waals surface area contributed by atoms with Crippen molar-refractivity contribution in [3.05, 3.63) is 101 Å². The lowest BCUT2D eigenvalue weighted by molar-refractivity contribution is -0.123. The van der Waals surface area contributed by atoms with E-state index in [0.29, 0.717) is 36.0 Å². The number of carbonyl (C=O) groups excluding carboxylic acids is 1. The van der Waals surface area contributed by atoms with E-state index in [1.807, 2.05) is 60.7 Å². The highest BCUT2D eigenvalue weighted by atomic mass is 16.5. The number of amides is 1. The average Bonchev–Trinajstić information content (AvgIpc) is 3.01. The molecule has 9 nitrogen and oxygen atoms in total. The summed E-state index contributed by atoms with van der Waals surface area (Å²) in [6.45, 7) is 1.48. The molecule has 1 amide bonds. The van der Waals surface area contributed by atoms with Crippen LogP contribution in [0.15, 0.2) is 79.1 Å². The number of aromatic nitrogens is 2. The molecule has 9 heteroatoms. The minimum absolute atomic E-state index is 0.0252. The third-order valence-corrected chi connectivity index (χ3v) is 7.19. The fourth-order valence-electron chi connectivity index (χ4n) is 5.13. The standard InChI is InChI=1S/C32H34N4O5/c1-38-27-11-10-23(17-30(27)41-32-33-13-7-14-34-32)16-26-25-19-29(40-3)28(39-2)18-24(25)12-15-36(26)21-31(37)35-20-22-8-5-4-6-9-22/h4-11,13-14,17-19,26H,12,15-16,20-21H2,1-3H3,(H,35,37). The summed E-state index contributed by atoms with van der Waals surface area (Å²) in [6, 6.07) is 21.7. The van der Waals surface area contributed by atoms with Gasteiger partial charge in [-0.25, -0.2) is 9.97 Å². The third kappa shape index (κ3) is 6.75. The van der Waals surface area contributed by atoms with Gasteiger partial charge in [0.2, 0.25) is 5.91 Å². The summed E-state index contributed by atoms with van der Waals surface area (Å²) in [5.74, 6) is 2.43. The summed E-state index contributed by atoms with van der Waals surface area (Å²) in [7, 11) is 4.87. The van der Waals surface area contributed by atoms with Crippen LogP contribution in [-0.4, -0.2) is 55.2 Å². The van der Waals surface area contributed by atoms with Crippen molar-refractivity contribution in [2.24, 2.45) is 0 Å². The molecule has 0 radical (unpaired) electrons. The second-order valence-corrected chi connectivity index (χ2v) is 9.73. The van der Waals surface area contributed by atoms with Crippen LogP contribution in [0.3, 0.4) is 0 Å². The molecule has 0 fully saturated rings. The Morgan fingerprint density at radius 1 is 0.854 bits per heavy atom. The van der Waals surface area contributed by atoms with Crippen LogP contribution in [-0.2, 0) is 24.2 Å². The van der Waals surface area contributed by atoms with Crippen LogP contribution in [0.4, 0.5) is 0 Å². The van der Waals surface area contributed by atoms with Gasteiger partial charge in [0.25, 0.3) is 0 Å². The lowest BCUT2D eigenvalue weighted by atomic mass is 9.88. The van der Waals surface area contributed by atoms with Gasteiger partial charge in [-0.2, -0.15) is 0 Å². The highest BCUT2D eigenvalue weighted by molar-refractivity contribution is 5.78. The number of rotatable bonds is 11. The molecule has 0 saturated carbocycles. The molecule has 4 aromatic rings. The minimum Gasteiger partial charge on any atom is -0.493 e. The van der Waals surface area contributed by atoms with Gasteiger partial charge in [0.15, 0.2) is 23.0 Å². The lowest BCUT2D eigenvalue weighted by Gasteiger charge is -2.37. The van der Waals surface area contributed by atoms with E-state index in [2.05, 4.69) is 20.2 Å². The van der Waals surface area contributed by atoms with Gasteiger partial charge in [0, 0.05) is 31.5 Å². The quantitative estimate of drug-likeness (QED) is 0.284. The molecule has 1 unspecified atom stereocenters. The Balaban J connectivity index is 1.43. The second-order valence-electron chi connectivity index (χ2n) is 9.73. The molecular formula is C32H34N4O5. The van der Waals surface area contributed by atoms with Gasteiger partial charge in [-0.3, -0.25) is 9.69 Å². The van der Waals surface area contributed by atoms with E-state index < -0.39 is 0 Å². The molecule has 1 aliphatic rings. The Hall–Kier alpha value is -4.63. The van der Waals surface area contributed by atoms with E-state index in [4.69, 9.17) is 18.9 Å². The summed E-state index contributed by atoms with van der Waals surface area (Å²) >= 11 is 0. The van der Waals surface area contributed by atoms with Gasteiger partial charge in [-0.05, 0) is 65.4 Å². The molecule has 3 aromatic carbocycles. The molecule has 0 bridgehead atoms. The van der Waals surface area contributed by atoms with E-state index in [-0.39, 0.29) is 24.5 Å². The molecule has 0 aliphatic carbocycles. The molecule has 1 aliphatic heterocycles. The van der Waals surface area contributed by atoms with Crippen LogP contribution in [0.1, 0.15) is 28.3 Å². The molecule has 1 N–H and O–H groups in total. The highest BCUT2D eigenvalue weighted by Crippen LogP contribution is 2.40. The SMILES string of the molecule is COc1cc2c(cc1OC)C(Cc1ccc(OC)c(Oc3ncccn3)c1)N(CC(=O)NCc1ccccc1)CC2. The smallest absolute Gasteiger partial charge is 0.321 e. The first-order valence-electron chi connectivity index (χ1n) is 13.5. The molecule has 0 saturated heterocycles. The lowest BCUT2D eigenvalue weighted by Crippen LogP contribution is -2.43. The first-order chi connectivity index (χ1) is 20.1. The van der Waals surface area contributed by atoms with E-state index in [0.717, 1.165) is 29.7 Å². The molecule has 2 heterocycles. The van der Waals surface area contributed by atoms with Crippen LogP contribution in [0, 0.1) is 0 Å². The van der Waals surface area contributed by atoms with Crippen LogP contribution in [0.25, 0.3) is 0 Å². The normalized spacial score (nSPS) is 14.6. The van der Waals surface area contributed by atoms with Crippen molar-refractivity contribution in [1.29, 1.82) is 0 Å². The molecule has 5 rings (SSSR count). The Kier molecular flexibility index (Phi) is 8.95. The molecule has 1 aromatic heterocycles. The maximum absolute atomic E-state index is 13.1. The van der Waals surface area contributed by atoms with Gasteiger partial charge < -0.3 is 24.3 Å². The average molecular weight is 555 g/mol. The van der Waals surface area contributed by atoms with E-state index in [1.54, 1.807) is 39.8 Å². The van der Waals surface area contributed by atoms with E-state index in [1.165, 1.54) is 5.56 Å². The molecule has 212 valence electrons. The summed E-state index contributed by atoms with van der Waals surface area (Å²) in [6.07, 6.45) is 4.67. The Labute approximate surface area is 240 Å². The van der Waals surface area contributed by atoms with E-state index >= 15 is 0 Å². The van der Waals surface area contributed by atoms with Crippen molar-refractivity contribution < 1.29 is 23.7 Å². The second kappa shape index (κ2) is 13.1. The number of ether oxygens (including phenoxy) is 4. The maximum Gasteiger partial charge on any atom is 0.321 e. The number of nitrogens with zero attached hydrogens (tertiary/aromatic N) is 3. The summed E-state index contributed by atoms with van der Waals surface area (Å²) in [4.78, 5) is 23.7. The van der Waals surface area contributed by atoms with Gasteiger partial charge in [0.1, 0.15) is 0 Å². The Morgan fingerprint density at radius 2 is 1.59 bits per heavy atom. The molecule has 41 heavy (non-hydrogen) atoms. The molecular weight excluding hydrogens is 520 g/mol. The highest BCUT2D eigenvalue weighted by Gasteiger charge is 2.31. The predicted octanol–water partition coefficient (Wildman–Crippen LogP) is 4.75. The van der Waals surface area contributed by atoms with Gasteiger partial charge in [0.05, 0.1) is 27.9 Å². The van der Waals surface area contributed by atoms with Gasteiger partial charge >= 0.3 is 6.01 Å². The zero-order chi connectivity index (χ0) is 28.6. The maximum atomic E-state index is 13.1. The van der Waals surface area contributed by atoms with E-state index in [9.17, 15) is 4.79 Å². The number of methoxy groups -OCH3 is 3. The summed E-state index contributed by atoms with van der Waals surface area (Å²) in [5.41, 5.74) is 4.36. The van der Waals surface area contributed by atoms with Crippen molar-refractivity contribution in [1.82, 2.24) is 20.2 Å². The fraction of sp³-hybridized carbons (Fsp3) is 0.281. The van der Waals surface area contributed by atoms with Crippen LogP contribution in [0.2, 0.25) is 0 Å². The minimum atomic E-state index is -0.0877. The first-order valence-corrected chi connectivity index (χ1v) is 13.5. The largest absolute Gasteiger partial charge is 0.493 e. The third-order valence-electron chi connectivity index (χ3n) is 7.19. The number of hydrogen-bond acceptors (Lipinski definition) is 8. The van der Waals surface area contributed by atoms with Crippen molar-refractivity contribution in [2.75, 3.05) is 34.4 Å². The molecule has 0 spiro atoms. The zero-order valence-electron chi connectivity index (χ0n) is 23.5. The number of hydrogen-bond donors (Lipinski definition) is 1. The summed E-state index contributed by atoms with van der Waals surface area (Å²) in [5, 5.41) is 3.07. The monoisotopic (exact) mass is 554 g/mol. The van der Waals surface area contributed by atoms with Gasteiger partial charge in [-0.15, -0.1) is 0 Å². The number of nitrogens with one attached hydrogen (secondary N) is 1. The number of benzene rings is 3. The first kappa shape index (κ1) is 27.9. The fourth-order valence-corrected chi connectivity index (χ4v) is 5.13. The molecule has 1 atom stereocenters. The number of fused-ring (bicyclic) bond motifs is 1. The van der Waals surface area contributed by atoms with Crippen molar-refractivity contribution >= 4 is 5.91 Å². The van der Waals surface area contributed by atoms with Crippen LogP contribution >= 0.6 is 0 Å². The zero-order valence-corrected chi connectivity index (χ0v) is 23.5. The van der Waals surface area contributed by atoms with Gasteiger partial charge in [-0.1, -0.05) is 36.4 Å². The van der Waals surface area contributed by atoms with Crippen LogP contribution in [0.5, 0.6) is 29.0 Å². The van der Waals surface area contributed by atoms with Crippen LogP contribution < -0.4 is 24.3 Å². The Morgan fingerprint density at radius 3 is 2.32 bits per heavy atom.